The Kier molecular flexibility index (Phi) is 8.12. The molecular formula is C22H25N2O7S-. The average molecular weight is 462 g/mol. The minimum atomic E-state index is -2.78. The van der Waals surface area contributed by atoms with Gasteiger partial charge in [-0.05, 0) is 63.6 Å². The molecule has 2 aromatic carbocycles. The van der Waals surface area contributed by atoms with Crippen molar-refractivity contribution in [3.05, 3.63) is 53.6 Å². The lowest BCUT2D eigenvalue weighted by Crippen LogP contribution is -2.29. The van der Waals surface area contributed by atoms with Gasteiger partial charge in [-0.3, -0.25) is 22.9 Å². The van der Waals surface area contributed by atoms with Gasteiger partial charge in [0.05, 0.1) is 40.0 Å². The molecule has 172 valence electrons. The highest BCUT2D eigenvalue weighted by molar-refractivity contribution is 7.81. The molecule has 0 saturated heterocycles. The van der Waals surface area contributed by atoms with E-state index in [1.54, 1.807) is 39.8 Å². The first kappa shape index (κ1) is 25.0. The fourth-order valence-corrected chi connectivity index (χ4v) is 3.26. The summed E-state index contributed by atoms with van der Waals surface area (Å²) < 4.78 is 30.6. The normalized spacial score (nSPS) is 12.0. The zero-order chi connectivity index (χ0) is 24.1. The Morgan fingerprint density at radius 1 is 1.16 bits per heavy atom. The van der Waals surface area contributed by atoms with Gasteiger partial charge in [-0.25, -0.2) is 0 Å². The number of aliphatic carboxylic acids is 1. The standard InChI is InChI=1S/C22H26N2O7S/c1-14-13-15(9-10-18(14)31-21(28)22(2,3)4)24(32(29)30)17-8-6-5-7-16(17)20(27)23-12-11-19(25)26/h5-10,13H,11-12H2,1-4H3,(H,23,27)(H,25,26)(H,29,30)/p-1. The van der Waals surface area contributed by atoms with Crippen molar-refractivity contribution in [1.29, 1.82) is 0 Å². The summed E-state index contributed by atoms with van der Waals surface area (Å²) in [6.45, 7) is 6.74. The van der Waals surface area contributed by atoms with Gasteiger partial charge in [0.2, 0.25) is 0 Å². The van der Waals surface area contributed by atoms with Gasteiger partial charge in [0.15, 0.2) is 0 Å². The summed E-state index contributed by atoms with van der Waals surface area (Å²) in [7, 11) is 0. The molecule has 32 heavy (non-hydrogen) atoms. The summed E-state index contributed by atoms with van der Waals surface area (Å²) in [6.07, 6.45) is -0.265. The number of para-hydroxylation sites is 1. The number of esters is 1. The third-order valence-electron chi connectivity index (χ3n) is 4.35. The van der Waals surface area contributed by atoms with Gasteiger partial charge in [-0.1, -0.05) is 12.1 Å². The number of carbonyl (C=O) groups excluding carboxylic acids is 2. The second-order valence-corrected chi connectivity index (χ2v) is 8.82. The minimum Gasteiger partial charge on any atom is -0.755 e. The number of aryl methyl sites for hydroxylation is 1. The minimum absolute atomic E-state index is 0.0583. The molecule has 0 fully saturated rings. The Balaban J connectivity index is 2.38. The highest BCUT2D eigenvalue weighted by Gasteiger charge is 2.25. The van der Waals surface area contributed by atoms with Crippen molar-refractivity contribution in [2.24, 2.45) is 5.41 Å². The van der Waals surface area contributed by atoms with E-state index in [1.165, 1.54) is 30.3 Å². The first-order chi connectivity index (χ1) is 14.9. The van der Waals surface area contributed by atoms with Crippen LogP contribution in [0.25, 0.3) is 0 Å². The van der Waals surface area contributed by atoms with Crippen LogP contribution in [0.1, 0.15) is 43.1 Å². The monoisotopic (exact) mass is 461 g/mol. The van der Waals surface area contributed by atoms with Crippen LogP contribution in [-0.4, -0.2) is 38.3 Å². The van der Waals surface area contributed by atoms with E-state index in [9.17, 15) is 23.1 Å². The number of rotatable bonds is 8. The van der Waals surface area contributed by atoms with Crippen LogP contribution in [0, 0.1) is 12.3 Å². The maximum atomic E-state index is 12.6. The Bertz CT molecular complexity index is 1050. The van der Waals surface area contributed by atoms with Crippen molar-refractivity contribution in [1.82, 2.24) is 5.32 Å². The number of benzene rings is 2. The molecule has 0 radical (unpaired) electrons. The number of nitrogens with one attached hydrogen (secondary N) is 1. The number of anilines is 2. The molecule has 0 aromatic heterocycles. The maximum Gasteiger partial charge on any atom is 0.316 e. The lowest BCUT2D eigenvalue weighted by molar-refractivity contribution is -0.143. The van der Waals surface area contributed by atoms with Gasteiger partial charge in [0, 0.05) is 6.54 Å². The van der Waals surface area contributed by atoms with Gasteiger partial charge >= 0.3 is 11.9 Å². The van der Waals surface area contributed by atoms with E-state index < -0.39 is 34.5 Å². The van der Waals surface area contributed by atoms with Crippen LogP contribution >= 0.6 is 0 Å². The van der Waals surface area contributed by atoms with Crippen LogP contribution in [0.3, 0.4) is 0 Å². The molecule has 2 N–H and O–H groups in total. The van der Waals surface area contributed by atoms with E-state index >= 15 is 0 Å². The van der Waals surface area contributed by atoms with Gasteiger partial charge in [-0.15, -0.1) is 0 Å². The Hall–Kier alpha value is -3.24. The topological polar surface area (TPSA) is 136 Å². The van der Waals surface area contributed by atoms with Crippen LogP contribution in [0.2, 0.25) is 0 Å². The van der Waals surface area contributed by atoms with E-state index in [-0.39, 0.29) is 29.9 Å². The molecule has 1 unspecified atom stereocenters. The van der Waals surface area contributed by atoms with Crippen LogP contribution in [-0.2, 0) is 20.9 Å². The van der Waals surface area contributed by atoms with Crippen LogP contribution < -0.4 is 14.4 Å². The summed E-state index contributed by atoms with van der Waals surface area (Å²) in [5.41, 5.74) is 0.201. The molecule has 1 amide bonds. The molecule has 2 rings (SSSR count). The Labute approximate surface area is 188 Å². The van der Waals surface area contributed by atoms with Crippen molar-refractivity contribution >= 4 is 40.5 Å². The molecule has 1 atom stereocenters. The molecule has 0 aliphatic rings. The molecule has 9 nitrogen and oxygen atoms in total. The predicted molar refractivity (Wildman–Crippen MR) is 118 cm³/mol. The van der Waals surface area contributed by atoms with Crippen LogP contribution in [0.15, 0.2) is 42.5 Å². The lowest BCUT2D eigenvalue weighted by atomic mass is 9.97. The average Bonchev–Trinajstić information content (AvgIpc) is 2.69. The number of hydrogen-bond acceptors (Lipinski definition) is 6. The highest BCUT2D eigenvalue weighted by atomic mass is 32.2. The van der Waals surface area contributed by atoms with Crippen molar-refractivity contribution in [3.8, 4) is 5.75 Å². The SMILES string of the molecule is Cc1cc(N(c2ccccc2C(=O)NCCC(=O)O)S(=O)[O-])ccc1OC(=O)C(C)(C)C. The fraction of sp³-hybridized carbons (Fsp3) is 0.318. The first-order valence-corrected chi connectivity index (χ1v) is 10.8. The van der Waals surface area contributed by atoms with Crippen molar-refractivity contribution in [3.63, 3.8) is 0 Å². The van der Waals surface area contributed by atoms with Gasteiger partial charge < -0.3 is 19.7 Å². The lowest BCUT2D eigenvalue weighted by Gasteiger charge is -2.29. The third-order valence-corrected chi connectivity index (χ3v) is 5.05. The second kappa shape index (κ2) is 10.4. The number of nitrogens with zero attached hydrogens (tertiary/aromatic N) is 1. The van der Waals surface area contributed by atoms with Crippen molar-refractivity contribution in [2.45, 2.75) is 34.1 Å². The molecule has 0 bridgehead atoms. The summed E-state index contributed by atoms with van der Waals surface area (Å²) in [6, 6.07) is 10.5. The smallest absolute Gasteiger partial charge is 0.316 e. The molecule has 0 saturated carbocycles. The fourth-order valence-electron chi connectivity index (χ4n) is 2.65. The van der Waals surface area contributed by atoms with Crippen molar-refractivity contribution in [2.75, 3.05) is 10.8 Å². The Morgan fingerprint density at radius 2 is 1.81 bits per heavy atom. The summed E-state index contributed by atoms with van der Waals surface area (Å²) in [4.78, 5) is 35.4. The second-order valence-electron chi connectivity index (χ2n) is 8.02. The molecular weight excluding hydrogens is 436 g/mol. The van der Waals surface area contributed by atoms with Crippen LogP contribution in [0.4, 0.5) is 11.4 Å². The number of carboxylic acids is 1. The summed E-state index contributed by atoms with van der Waals surface area (Å²) in [5.74, 6) is -1.81. The number of hydrogen-bond donors (Lipinski definition) is 2. The Morgan fingerprint density at radius 3 is 2.38 bits per heavy atom. The number of carboxylic acid groups (broad SMARTS) is 1. The third kappa shape index (κ3) is 6.38. The predicted octanol–water partition coefficient (Wildman–Crippen LogP) is 3.08. The first-order valence-electron chi connectivity index (χ1n) is 9.73. The maximum absolute atomic E-state index is 12.6. The zero-order valence-electron chi connectivity index (χ0n) is 18.2. The van der Waals surface area contributed by atoms with E-state index in [4.69, 9.17) is 9.84 Å². The molecule has 0 spiro atoms. The van der Waals surface area contributed by atoms with Crippen LogP contribution in [0.5, 0.6) is 5.75 Å². The molecule has 2 aromatic rings. The van der Waals surface area contributed by atoms with Gasteiger partial charge in [-0.2, -0.15) is 0 Å². The quantitative estimate of drug-likeness (QED) is 0.350. The van der Waals surface area contributed by atoms with E-state index in [0.717, 1.165) is 4.31 Å². The molecule has 10 heteroatoms. The van der Waals surface area contributed by atoms with Gasteiger partial charge in [0.1, 0.15) is 5.75 Å². The number of ether oxygens (including phenoxy) is 1. The van der Waals surface area contributed by atoms with Gasteiger partial charge in [0.25, 0.3) is 5.91 Å². The van der Waals surface area contributed by atoms with E-state index in [0.29, 0.717) is 11.3 Å². The molecule has 0 heterocycles. The number of carbonyl (C=O) groups is 3. The highest BCUT2D eigenvalue weighted by Crippen LogP contribution is 2.33. The van der Waals surface area contributed by atoms with E-state index in [1.807, 2.05) is 0 Å². The molecule has 0 aliphatic heterocycles. The summed E-state index contributed by atoms with van der Waals surface area (Å²) >= 11 is -2.78. The zero-order valence-corrected chi connectivity index (χ0v) is 19.0. The number of amides is 1. The van der Waals surface area contributed by atoms with Crippen molar-refractivity contribution < 1.29 is 33.0 Å². The van der Waals surface area contributed by atoms with E-state index in [2.05, 4.69) is 5.32 Å². The largest absolute Gasteiger partial charge is 0.755 e. The summed E-state index contributed by atoms with van der Waals surface area (Å²) in [5, 5.41) is 11.2. The molecule has 0 aliphatic carbocycles.